The summed E-state index contributed by atoms with van der Waals surface area (Å²) < 4.78 is 0. The van der Waals surface area contributed by atoms with Crippen molar-refractivity contribution in [3.8, 4) is 5.75 Å². The molecule has 0 aliphatic carbocycles. The number of hydrogen-bond acceptors (Lipinski definition) is 1. The van der Waals surface area contributed by atoms with E-state index in [4.69, 9.17) is 0 Å². The number of hydrogen-bond donors (Lipinski definition) is 2. The molecule has 0 saturated carbocycles. The van der Waals surface area contributed by atoms with Crippen LogP contribution in [0.2, 0.25) is 0 Å². The van der Waals surface area contributed by atoms with E-state index >= 15 is 0 Å². The molecule has 0 aliphatic heterocycles. The maximum atomic E-state index is 9.24. The molecule has 2 rings (SSSR count). The van der Waals surface area contributed by atoms with Crippen molar-refractivity contribution in [2.75, 3.05) is 0 Å². The highest BCUT2D eigenvalue weighted by molar-refractivity contribution is 5.85. The second-order valence-corrected chi connectivity index (χ2v) is 2.22. The van der Waals surface area contributed by atoms with E-state index in [1.165, 1.54) is 0 Å². The minimum atomic E-state index is 0.332. The van der Waals surface area contributed by atoms with E-state index in [-0.39, 0.29) is 0 Å². The summed E-state index contributed by atoms with van der Waals surface area (Å²) in [6, 6.07) is 7.27. The third-order valence-electron chi connectivity index (χ3n) is 1.57. The van der Waals surface area contributed by atoms with Gasteiger partial charge in [0, 0.05) is 17.1 Å². The number of aromatic nitrogens is 1. The molecular formula is C8H7NO. The van der Waals surface area contributed by atoms with Crippen molar-refractivity contribution in [1.82, 2.24) is 4.98 Å². The number of fused-ring (bicyclic) bond motifs is 1. The topological polar surface area (TPSA) is 36.0 Å². The molecule has 0 aliphatic rings. The minimum absolute atomic E-state index is 0.332. The zero-order valence-corrected chi connectivity index (χ0v) is 5.33. The van der Waals surface area contributed by atoms with E-state index < -0.39 is 0 Å². The van der Waals surface area contributed by atoms with Gasteiger partial charge in [0.2, 0.25) is 0 Å². The van der Waals surface area contributed by atoms with Crippen LogP contribution >= 0.6 is 0 Å². The molecule has 2 heteroatoms. The molecular weight excluding hydrogens is 127 g/mol. The quantitative estimate of drug-likeness (QED) is 0.567. The van der Waals surface area contributed by atoms with Crippen molar-refractivity contribution in [3.63, 3.8) is 0 Å². The standard InChI is InChI=1S/C8H7NO/c10-8-3-1-2-7-6(8)4-5-9-7/h1-5,9-10H/i9+1. The molecule has 2 N–H and O–H groups in total. The first-order valence-electron chi connectivity index (χ1n) is 3.13. The van der Waals surface area contributed by atoms with Gasteiger partial charge in [-0.05, 0) is 18.2 Å². The first-order chi connectivity index (χ1) is 4.88. The molecule has 0 bridgehead atoms. The number of aromatic amines is 1. The molecule has 0 fully saturated rings. The van der Waals surface area contributed by atoms with Crippen LogP contribution in [0.5, 0.6) is 5.75 Å². The van der Waals surface area contributed by atoms with Gasteiger partial charge in [-0.25, -0.2) is 0 Å². The highest BCUT2D eigenvalue weighted by Crippen LogP contribution is 2.22. The summed E-state index contributed by atoms with van der Waals surface area (Å²) in [6.45, 7) is 0. The van der Waals surface area contributed by atoms with Gasteiger partial charge in [0.1, 0.15) is 5.75 Å². The van der Waals surface area contributed by atoms with Crippen LogP contribution < -0.4 is 0 Å². The summed E-state index contributed by atoms with van der Waals surface area (Å²) in [7, 11) is 0. The average Bonchev–Trinajstić information content (AvgIpc) is 2.36. The molecule has 10 heavy (non-hydrogen) atoms. The number of rotatable bonds is 0. The van der Waals surface area contributed by atoms with Gasteiger partial charge in [-0.2, -0.15) is 0 Å². The fourth-order valence-corrected chi connectivity index (χ4v) is 1.07. The first kappa shape index (κ1) is 5.35. The van der Waals surface area contributed by atoms with Crippen molar-refractivity contribution >= 4 is 10.9 Å². The summed E-state index contributed by atoms with van der Waals surface area (Å²) in [5.41, 5.74) is 0.972. The Kier molecular flexibility index (Phi) is 0.947. The normalized spacial score (nSPS) is 10.4. The van der Waals surface area contributed by atoms with E-state index in [0.717, 1.165) is 10.9 Å². The molecule has 0 spiro atoms. The summed E-state index contributed by atoms with van der Waals surface area (Å²) in [5.74, 6) is 0.332. The van der Waals surface area contributed by atoms with Crippen LogP contribution in [0.15, 0.2) is 30.5 Å². The molecule has 0 unspecified atom stereocenters. The molecule has 50 valence electrons. The van der Waals surface area contributed by atoms with E-state index in [2.05, 4.69) is 4.98 Å². The van der Waals surface area contributed by atoms with E-state index in [0.29, 0.717) is 5.75 Å². The van der Waals surface area contributed by atoms with Gasteiger partial charge in [0.25, 0.3) is 0 Å². The number of H-pyrrole nitrogens is 1. The number of phenols is 1. The number of benzene rings is 1. The number of phenolic OH excluding ortho intramolecular Hbond substituents is 1. The third-order valence-corrected chi connectivity index (χ3v) is 1.57. The predicted octanol–water partition coefficient (Wildman–Crippen LogP) is 1.87. The van der Waals surface area contributed by atoms with Crippen molar-refractivity contribution in [1.29, 1.82) is 0 Å². The van der Waals surface area contributed by atoms with Gasteiger partial charge in [-0.3, -0.25) is 0 Å². The monoisotopic (exact) mass is 134 g/mol. The van der Waals surface area contributed by atoms with E-state index in [9.17, 15) is 5.11 Å². The minimum Gasteiger partial charge on any atom is -0.507 e. The fourth-order valence-electron chi connectivity index (χ4n) is 1.07. The highest BCUT2D eigenvalue weighted by atomic mass is 16.3. The fraction of sp³-hybridized carbons (Fsp3) is 0. The maximum absolute atomic E-state index is 9.24. The average molecular weight is 134 g/mol. The number of nitrogens with one attached hydrogen (secondary N) is 1. The van der Waals surface area contributed by atoms with Gasteiger partial charge in [0.05, 0.1) is 0 Å². The zero-order chi connectivity index (χ0) is 6.97. The van der Waals surface area contributed by atoms with Crippen molar-refractivity contribution < 1.29 is 5.11 Å². The number of aromatic hydroxyl groups is 1. The van der Waals surface area contributed by atoms with Crippen molar-refractivity contribution in [2.45, 2.75) is 0 Å². The lowest BCUT2D eigenvalue weighted by atomic mass is 10.2. The Labute approximate surface area is 58.1 Å². The van der Waals surface area contributed by atoms with Crippen molar-refractivity contribution in [2.24, 2.45) is 0 Å². The summed E-state index contributed by atoms with van der Waals surface area (Å²) in [6.07, 6.45) is 1.81. The Bertz CT molecular complexity index is 351. The molecule has 0 atom stereocenters. The summed E-state index contributed by atoms with van der Waals surface area (Å²) in [4.78, 5) is 3.00. The maximum Gasteiger partial charge on any atom is 0.124 e. The largest absolute Gasteiger partial charge is 0.507 e. The third kappa shape index (κ3) is 0.589. The molecule has 2 nitrogen and oxygen atoms in total. The van der Waals surface area contributed by atoms with Crippen LogP contribution in [0.1, 0.15) is 0 Å². The zero-order valence-electron chi connectivity index (χ0n) is 5.33. The second-order valence-electron chi connectivity index (χ2n) is 2.22. The van der Waals surface area contributed by atoms with E-state index in [1.807, 2.05) is 24.4 Å². The van der Waals surface area contributed by atoms with Crippen LogP contribution in [-0.2, 0) is 0 Å². The van der Waals surface area contributed by atoms with Gasteiger partial charge in [0.15, 0.2) is 0 Å². The van der Waals surface area contributed by atoms with Crippen molar-refractivity contribution in [3.05, 3.63) is 30.5 Å². The molecule has 1 aromatic heterocycles. The molecule has 0 radical (unpaired) electrons. The van der Waals surface area contributed by atoms with Crippen LogP contribution in [0, 0.1) is 0 Å². The van der Waals surface area contributed by atoms with Gasteiger partial charge < -0.3 is 10.1 Å². The Balaban J connectivity index is 2.95. The Morgan fingerprint density at radius 1 is 1.20 bits per heavy atom. The lowest BCUT2D eigenvalue weighted by Gasteiger charge is -1.91. The molecule has 1 heterocycles. The summed E-state index contributed by atoms with van der Waals surface area (Å²) >= 11 is 0. The van der Waals surface area contributed by atoms with Crippen LogP contribution in [-0.4, -0.2) is 10.1 Å². The van der Waals surface area contributed by atoms with Crippen LogP contribution in [0.3, 0.4) is 0 Å². The lowest BCUT2D eigenvalue weighted by Crippen LogP contribution is -1.66. The summed E-state index contributed by atoms with van der Waals surface area (Å²) in [5, 5.41) is 10.1. The Morgan fingerprint density at radius 3 is 2.90 bits per heavy atom. The van der Waals surface area contributed by atoms with Crippen LogP contribution in [0.4, 0.5) is 0 Å². The molecule has 0 amide bonds. The van der Waals surface area contributed by atoms with Gasteiger partial charge in [-0.1, -0.05) is 6.07 Å². The predicted molar refractivity (Wildman–Crippen MR) is 40.0 cm³/mol. The molecule has 1 aromatic carbocycles. The van der Waals surface area contributed by atoms with Gasteiger partial charge >= 0.3 is 0 Å². The van der Waals surface area contributed by atoms with Crippen LogP contribution in [0.25, 0.3) is 10.9 Å². The lowest BCUT2D eigenvalue weighted by molar-refractivity contribution is 0.482. The second kappa shape index (κ2) is 1.77. The van der Waals surface area contributed by atoms with Gasteiger partial charge in [-0.15, -0.1) is 0 Å². The first-order valence-corrected chi connectivity index (χ1v) is 3.13. The molecule has 2 aromatic rings. The Hall–Kier alpha value is -1.44. The molecule has 0 saturated heterocycles. The smallest absolute Gasteiger partial charge is 0.124 e. The SMILES string of the molecule is Oc1cccc2[15nH]ccc12. The Morgan fingerprint density at radius 2 is 2.10 bits per heavy atom. The van der Waals surface area contributed by atoms with E-state index in [1.54, 1.807) is 6.07 Å². The highest BCUT2D eigenvalue weighted by Gasteiger charge is 1.96.